The number of benzene rings is 1. The lowest BCUT2D eigenvalue weighted by atomic mass is 10.1. The highest BCUT2D eigenvalue weighted by atomic mass is 32.1. The zero-order chi connectivity index (χ0) is 17.6. The summed E-state index contributed by atoms with van der Waals surface area (Å²) in [4.78, 5) is 26.2. The van der Waals surface area contributed by atoms with E-state index < -0.39 is 0 Å². The molecule has 2 aromatic rings. The molecule has 3 rings (SSSR count). The molecular weight excluding hydrogens is 338 g/mol. The van der Waals surface area contributed by atoms with Gasteiger partial charge in [-0.15, -0.1) is 0 Å². The minimum atomic E-state index is -0.148. The van der Waals surface area contributed by atoms with Crippen molar-refractivity contribution in [2.45, 2.75) is 26.6 Å². The third-order valence-corrected chi connectivity index (χ3v) is 5.25. The van der Waals surface area contributed by atoms with Crippen molar-refractivity contribution in [3.8, 4) is 0 Å². The molecule has 1 amide bonds. The highest BCUT2D eigenvalue weighted by Gasteiger charge is 2.13. The maximum atomic E-state index is 12.2. The van der Waals surface area contributed by atoms with Crippen molar-refractivity contribution in [3.05, 3.63) is 56.1 Å². The first-order valence-corrected chi connectivity index (χ1v) is 9.30. The number of hydrogen-bond donors (Lipinski definition) is 1. The zero-order valence-corrected chi connectivity index (χ0v) is 15.2. The van der Waals surface area contributed by atoms with Crippen molar-refractivity contribution < 1.29 is 9.53 Å². The molecule has 0 spiro atoms. The van der Waals surface area contributed by atoms with Gasteiger partial charge in [-0.3, -0.25) is 19.1 Å². The number of thiazole rings is 1. The molecule has 1 aliphatic heterocycles. The molecule has 25 heavy (non-hydrogen) atoms. The summed E-state index contributed by atoms with van der Waals surface area (Å²) in [6.07, 6.45) is 0. The number of hydrogen-bond acceptors (Lipinski definition) is 5. The number of aromatic nitrogens is 1. The van der Waals surface area contributed by atoms with Gasteiger partial charge in [-0.25, -0.2) is 0 Å². The Labute approximate surface area is 151 Å². The minimum Gasteiger partial charge on any atom is -0.379 e. The Morgan fingerprint density at radius 2 is 1.96 bits per heavy atom. The van der Waals surface area contributed by atoms with Crippen LogP contribution in [0.25, 0.3) is 0 Å². The number of ether oxygens (including phenoxy) is 1. The molecule has 6 nitrogen and oxygen atoms in total. The standard InChI is InChI=1S/C18H23N3O3S/c1-14-13-25-18(23)21(14)12-17(22)19-10-15-4-2-3-5-16(15)11-20-6-8-24-9-7-20/h2-5,13H,6-12H2,1H3,(H,19,22). The van der Waals surface area contributed by atoms with Crippen LogP contribution in [-0.2, 0) is 29.2 Å². The largest absolute Gasteiger partial charge is 0.379 e. The summed E-state index contributed by atoms with van der Waals surface area (Å²) in [6.45, 7) is 6.64. The van der Waals surface area contributed by atoms with E-state index >= 15 is 0 Å². The second-order valence-corrected chi connectivity index (χ2v) is 6.98. The van der Waals surface area contributed by atoms with Crippen molar-refractivity contribution in [2.24, 2.45) is 0 Å². The van der Waals surface area contributed by atoms with Gasteiger partial charge >= 0.3 is 4.87 Å². The fraction of sp³-hybridized carbons (Fsp3) is 0.444. The molecule has 1 N–H and O–H groups in total. The van der Waals surface area contributed by atoms with E-state index in [-0.39, 0.29) is 17.3 Å². The predicted molar refractivity (Wildman–Crippen MR) is 97.7 cm³/mol. The van der Waals surface area contributed by atoms with Gasteiger partial charge in [0.05, 0.1) is 13.2 Å². The summed E-state index contributed by atoms with van der Waals surface area (Å²) in [5.41, 5.74) is 3.14. The first-order valence-electron chi connectivity index (χ1n) is 8.42. The van der Waals surface area contributed by atoms with Crippen molar-refractivity contribution in [2.75, 3.05) is 26.3 Å². The van der Waals surface area contributed by atoms with E-state index in [0.717, 1.165) is 55.4 Å². The molecule has 0 radical (unpaired) electrons. The van der Waals surface area contributed by atoms with E-state index in [1.54, 1.807) is 5.38 Å². The Hall–Kier alpha value is -1.96. The SMILES string of the molecule is Cc1csc(=O)n1CC(=O)NCc1ccccc1CN1CCOCC1. The van der Waals surface area contributed by atoms with Crippen molar-refractivity contribution in [3.63, 3.8) is 0 Å². The van der Waals surface area contributed by atoms with Crippen LogP contribution < -0.4 is 10.2 Å². The summed E-state index contributed by atoms with van der Waals surface area (Å²) in [5, 5.41) is 4.70. The monoisotopic (exact) mass is 361 g/mol. The quantitative estimate of drug-likeness (QED) is 0.844. The Morgan fingerprint density at radius 1 is 1.24 bits per heavy atom. The van der Waals surface area contributed by atoms with Crippen LogP contribution in [0.1, 0.15) is 16.8 Å². The predicted octanol–water partition coefficient (Wildman–Crippen LogP) is 1.37. The maximum Gasteiger partial charge on any atom is 0.307 e. The fourth-order valence-corrected chi connectivity index (χ4v) is 3.61. The number of amides is 1. The molecule has 0 bridgehead atoms. The third-order valence-electron chi connectivity index (χ3n) is 4.37. The molecule has 1 aromatic heterocycles. The summed E-state index contributed by atoms with van der Waals surface area (Å²) in [7, 11) is 0. The lowest BCUT2D eigenvalue weighted by Crippen LogP contribution is -2.36. The number of aryl methyl sites for hydroxylation is 1. The summed E-state index contributed by atoms with van der Waals surface area (Å²) in [6, 6.07) is 8.15. The van der Waals surface area contributed by atoms with E-state index in [9.17, 15) is 9.59 Å². The number of rotatable bonds is 6. The second kappa shape index (κ2) is 8.42. The highest BCUT2D eigenvalue weighted by molar-refractivity contribution is 7.07. The van der Waals surface area contributed by atoms with Gasteiger partial charge in [-0.2, -0.15) is 0 Å². The number of carbonyl (C=O) groups excluding carboxylic acids is 1. The number of nitrogens with zero attached hydrogens (tertiary/aromatic N) is 2. The van der Waals surface area contributed by atoms with E-state index in [2.05, 4.69) is 16.3 Å². The molecule has 134 valence electrons. The Kier molecular flexibility index (Phi) is 6.01. The van der Waals surface area contributed by atoms with Crippen molar-refractivity contribution in [1.82, 2.24) is 14.8 Å². The van der Waals surface area contributed by atoms with Gasteiger partial charge in [0.2, 0.25) is 5.91 Å². The lowest BCUT2D eigenvalue weighted by molar-refractivity contribution is -0.121. The van der Waals surface area contributed by atoms with Crippen LogP contribution in [0.15, 0.2) is 34.4 Å². The molecule has 1 aliphatic rings. The first-order chi connectivity index (χ1) is 12.1. The fourth-order valence-electron chi connectivity index (χ4n) is 2.87. The zero-order valence-electron chi connectivity index (χ0n) is 14.4. The summed E-state index contributed by atoms with van der Waals surface area (Å²) >= 11 is 1.12. The molecule has 0 unspecified atom stereocenters. The molecule has 0 atom stereocenters. The van der Waals surface area contributed by atoms with Gasteiger partial charge in [0.1, 0.15) is 6.54 Å². The maximum absolute atomic E-state index is 12.2. The number of carbonyl (C=O) groups is 1. The average Bonchev–Trinajstić information content (AvgIpc) is 2.94. The van der Waals surface area contributed by atoms with E-state index in [0.29, 0.717) is 6.54 Å². The van der Waals surface area contributed by atoms with Crippen molar-refractivity contribution >= 4 is 17.2 Å². The van der Waals surface area contributed by atoms with Gasteiger partial charge in [-0.05, 0) is 18.1 Å². The molecule has 0 saturated carbocycles. The van der Waals surface area contributed by atoms with Crippen LogP contribution in [0.5, 0.6) is 0 Å². The van der Waals surface area contributed by atoms with Crippen molar-refractivity contribution in [1.29, 1.82) is 0 Å². The first kappa shape index (κ1) is 17.8. The van der Waals surface area contributed by atoms with Crippen LogP contribution in [0, 0.1) is 6.92 Å². The van der Waals surface area contributed by atoms with E-state index in [4.69, 9.17) is 4.74 Å². The van der Waals surface area contributed by atoms with Gasteiger partial charge in [0.25, 0.3) is 0 Å². The second-order valence-electron chi connectivity index (χ2n) is 6.16. The van der Waals surface area contributed by atoms with Gasteiger partial charge < -0.3 is 10.1 Å². The number of morpholine rings is 1. The van der Waals surface area contributed by atoms with Crippen LogP contribution in [0.2, 0.25) is 0 Å². The molecule has 7 heteroatoms. The van der Waals surface area contributed by atoms with Crippen LogP contribution in [0.3, 0.4) is 0 Å². The Bertz CT molecular complexity index is 778. The Morgan fingerprint density at radius 3 is 2.64 bits per heavy atom. The normalized spacial score (nSPS) is 15.2. The number of nitrogens with one attached hydrogen (secondary N) is 1. The molecular formula is C18H23N3O3S. The van der Waals surface area contributed by atoms with Gasteiger partial charge in [-0.1, -0.05) is 35.6 Å². The summed E-state index contributed by atoms with van der Waals surface area (Å²) in [5.74, 6) is -0.148. The Balaban J connectivity index is 1.59. The molecule has 1 fully saturated rings. The lowest BCUT2D eigenvalue weighted by Gasteiger charge is -2.27. The molecule has 0 aliphatic carbocycles. The van der Waals surface area contributed by atoms with E-state index in [1.165, 1.54) is 10.1 Å². The topological polar surface area (TPSA) is 63.6 Å². The van der Waals surface area contributed by atoms with Crippen LogP contribution in [-0.4, -0.2) is 41.7 Å². The average molecular weight is 361 g/mol. The third kappa shape index (κ3) is 4.78. The molecule has 2 heterocycles. The molecule has 1 aromatic carbocycles. The van der Waals surface area contributed by atoms with Crippen LogP contribution >= 0.6 is 11.3 Å². The summed E-state index contributed by atoms with van der Waals surface area (Å²) < 4.78 is 6.89. The minimum absolute atomic E-state index is 0.0692. The van der Waals surface area contributed by atoms with Gasteiger partial charge in [0.15, 0.2) is 0 Å². The van der Waals surface area contributed by atoms with Gasteiger partial charge in [0, 0.05) is 37.3 Å². The molecule has 1 saturated heterocycles. The van der Waals surface area contributed by atoms with E-state index in [1.807, 2.05) is 25.1 Å². The highest BCUT2D eigenvalue weighted by Crippen LogP contribution is 2.13. The smallest absolute Gasteiger partial charge is 0.307 e. The van der Waals surface area contributed by atoms with Crippen LogP contribution in [0.4, 0.5) is 0 Å².